The molecule has 4 aromatic rings. The zero-order valence-corrected chi connectivity index (χ0v) is 17.5. The maximum atomic E-state index is 13.2. The van der Waals surface area contributed by atoms with Crippen molar-refractivity contribution in [3.63, 3.8) is 0 Å². The molecule has 0 unspecified atom stereocenters. The number of carbonyl (C=O) groups is 1. The monoisotopic (exact) mass is 436 g/mol. The molecule has 0 spiro atoms. The highest BCUT2D eigenvalue weighted by atomic mass is 19.1. The molecule has 0 aliphatic carbocycles. The lowest BCUT2D eigenvalue weighted by Crippen LogP contribution is -2.34. The number of aryl methyl sites for hydroxylation is 1. The number of halogens is 1. The molecule has 2 heterocycles. The number of nitrogens with zero attached hydrogens (tertiary/aromatic N) is 2. The van der Waals surface area contributed by atoms with Gasteiger partial charge >= 0.3 is 5.69 Å². The zero-order valence-electron chi connectivity index (χ0n) is 17.5. The Morgan fingerprint density at radius 1 is 1.12 bits per heavy atom. The number of aromatic amines is 1. The number of methoxy groups -OCH3 is 1. The predicted molar refractivity (Wildman–Crippen MR) is 118 cm³/mol. The molecule has 0 saturated heterocycles. The number of ether oxygens (including phenoxy) is 1. The standard InChI is InChI=1S/C23H21FN4O4/c1-27-13-17(21(29)25-12-11-14-5-3-4-6-18(14)32-2)19-20(27)22(30)28(23(31)26-19)16-9-7-15(24)8-10-16/h3-10,13H,11-12H2,1-2H3,(H,25,29)(H,26,31). The van der Waals surface area contributed by atoms with Crippen molar-refractivity contribution in [1.82, 2.24) is 19.4 Å². The van der Waals surface area contributed by atoms with Crippen molar-refractivity contribution in [1.29, 1.82) is 0 Å². The summed E-state index contributed by atoms with van der Waals surface area (Å²) in [6.45, 7) is 0.340. The molecule has 0 aliphatic rings. The number of para-hydroxylation sites is 1. The smallest absolute Gasteiger partial charge is 0.333 e. The molecular weight excluding hydrogens is 415 g/mol. The van der Waals surface area contributed by atoms with E-state index >= 15 is 0 Å². The normalized spacial score (nSPS) is 11.0. The van der Waals surface area contributed by atoms with Crippen LogP contribution in [0.1, 0.15) is 15.9 Å². The van der Waals surface area contributed by atoms with Crippen LogP contribution >= 0.6 is 0 Å². The summed E-state index contributed by atoms with van der Waals surface area (Å²) < 4.78 is 20.9. The summed E-state index contributed by atoms with van der Waals surface area (Å²) in [5, 5.41) is 2.82. The van der Waals surface area contributed by atoms with E-state index < -0.39 is 23.0 Å². The minimum absolute atomic E-state index is 0.149. The highest BCUT2D eigenvalue weighted by molar-refractivity contribution is 6.05. The molecule has 0 radical (unpaired) electrons. The Morgan fingerprint density at radius 2 is 1.84 bits per heavy atom. The van der Waals surface area contributed by atoms with E-state index in [1.165, 1.54) is 22.9 Å². The van der Waals surface area contributed by atoms with Crippen molar-refractivity contribution >= 4 is 16.9 Å². The van der Waals surface area contributed by atoms with Gasteiger partial charge in [-0.3, -0.25) is 9.59 Å². The number of hydrogen-bond acceptors (Lipinski definition) is 4. The van der Waals surface area contributed by atoms with Crippen LogP contribution in [0, 0.1) is 5.82 Å². The molecule has 4 rings (SSSR count). The maximum Gasteiger partial charge on any atom is 0.333 e. The number of hydrogen-bond donors (Lipinski definition) is 2. The third-order valence-electron chi connectivity index (χ3n) is 5.22. The van der Waals surface area contributed by atoms with Crippen molar-refractivity contribution in [3.8, 4) is 11.4 Å². The molecule has 164 valence electrons. The largest absolute Gasteiger partial charge is 0.496 e. The fourth-order valence-electron chi connectivity index (χ4n) is 3.68. The summed E-state index contributed by atoms with van der Waals surface area (Å²) in [4.78, 5) is 41.1. The first-order valence-corrected chi connectivity index (χ1v) is 9.91. The minimum atomic E-state index is -0.719. The second-order valence-corrected chi connectivity index (χ2v) is 7.24. The van der Waals surface area contributed by atoms with Crippen LogP contribution in [0.25, 0.3) is 16.7 Å². The maximum absolute atomic E-state index is 13.2. The highest BCUT2D eigenvalue weighted by Gasteiger charge is 2.20. The number of amides is 1. The second kappa shape index (κ2) is 8.54. The molecule has 2 aromatic heterocycles. The van der Waals surface area contributed by atoms with Gasteiger partial charge in [0.05, 0.1) is 23.9 Å². The van der Waals surface area contributed by atoms with Crippen LogP contribution in [0.3, 0.4) is 0 Å². The quantitative estimate of drug-likeness (QED) is 0.484. The van der Waals surface area contributed by atoms with E-state index in [0.29, 0.717) is 13.0 Å². The van der Waals surface area contributed by atoms with Crippen LogP contribution in [0.5, 0.6) is 5.75 Å². The van der Waals surface area contributed by atoms with E-state index in [2.05, 4.69) is 10.3 Å². The van der Waals surface area contributed by atoms with Crippen molar-refractivity contribution in [2.45, 2.75) is 6.42 Å². The fraction of sp³-hybridized carbons (Fsp3) is 0.174. The third-order valence-corrected chi connectivity index (χ3v) is 5.22. The first kappa shape index (κ1) is 21.1. The number of fused-ring (bicyclic) bond motifs is 1. The van der Waals surface area contributed by atoms with Gasteiger partial charge in [0.1, 0.15) is 17.1 Å². The molecular formula is C23H21FN4O4. The lowest BCUT2D eigenvalue weighted by atomic mass is 10.1. The van der Waals surface area contributed by atoms with Gasteiger partial charge in [0.2, 0.25) is 0 Å². The van der Waals surface area contributed by atoms with Gasteiger partial charge in [0.15, 0.2) is 0 Å². The van der Waals surface area contributed by atoms with Gasteiger partial charge < -0.3 is 19.6 Å². The van der Waals surface area contributed by atoms with E-state index in [0.717, 1.165) is 28.0 Å². The van der Waals surface area contributed by atoms with E-state index in [1.54, 1.807) is 14.2 Å². The number of rotatable bonds is 6. The van der Waals surface area contributed by atoms with E-state index in [9.17, 15) is 18.8 Å². The predicted octanol–water partition coefficient (Wildman–Crippen LogP) is 2.14. The van der Waals surface area contributed by atoms with Gasteiger partial charge in [-0.05, 0) is 42.3 Å². The summed E-state index contributed by atoms with van der Waals surface area (Å²) in [5.41, 5.74) is 0.337. The van der Waals surface area contributed by atoms with Crippen LogP contribution in [-0.4, -0.2) is 33.7 Å². The molecule has 1 amide bonds. The van der Waals surface area contributed by atoms with Crippen molar-refractivity contribution in [2.24, 2.45) is 7.05 Å². The van der Waals surface area contributed by atoms with Gasteiger partial charge in [0, 0.05) is 19.8 Å². The summed E-state index contributed by atoms with van der Waals surface area (Å²) in [6, 6.07) is 12.5. The average Bonchev–Trinajstić information content (AvgIpc) is 3.11. The molecule has 2 N–H and O–H groups in total. The van der Waals surface area contributed by atoms with Crippen molar-refractivity contribution in [3.05, 3.63) is 92.5 Å². The van der Waals surface area contributed by atoms with Crippen LogP contribution < -0.4 is 21.3 Å². The van der Waals surface area contributed by atoms with Crippen LogP contribution in [0.4, 0.5) is 4.39 Å². The number of nitrogens with one attached hydrogen (secondary N) is 2. The van der Waals surface area contributed by atoms with Crippen molar-refractivity contribution in [2.75, 3.05) is 13.7 Å². The van der Waals surface area contributed by atoms with E-state index in [4.69, 9.17) is 4.74 Å². The number of benzene rings is 2. The molecule has 0 atom stereocenters. The van der Waals surface area contributed by atoms with Crippen molar-refractivity contribution < 1.29 is 13.9 Å². The summed E-state index contributed by atoms with van der Waals surface area (Å²) in [5.74, 6) is -0.164. The molecule has 0 saturated carbocycles. The summed E-state index contributed by atoms with van der Waals surface area (Å²) >= 11 is 0. The van der Waals surface area contributed by atoms with Crippen LogP contribution in [0.2, 0.25) is 0 Å². The fourth-order valence-corrected chi connectivity index (χ4v) is 3.68. The molecule has 8 nitrogen and oxygen atoms in total. The highest BCUT2D eigenvalue weighted by Crippen LogP contribution is 2.18. The molecule has 0 aliphatic heterocycles. The second-order valence-electron chi connectivity index (χ2n) is 7.24. The summed E-state index contributed by atoms with van der Waals surface area (Å²) in [7, 11) is 3.20. The topological polar surface area (TPSA) is 98.1 Å². The van der Waals surface area contributed by atoms with Gasteiger partial charge in [-0.2, -0.15) is 0 Å². The first-order valence-electron chi connectivity index (χ1n) is 9.91. The van der Waals surface area contributed by atoms with E-state index in [-0.39, 0.29) is 22.3 Å². The number of carbonyl (C=O) groups excluding carboxylic acids is 1. The Balaban J connectivity index is 1.64. The Morgan fingerprint density at radius 3 is 2.56 bits per heavy atom. The van der Waals surface area contributed by atoms with Crippen LogP contribution in [0.15, 0.2) is 64.3 Å². The lowest BCUT2D eigenvalue weighted by molar-refractivity contribution is 0.0955. The Bertz CT molecular complexity index is 1420. The number of H-pyrrole nitrogens is 1. The Labute approximate surface area is 181 Å². The van der Waals surface area contributed by atoms with Crippen LogP contribution in [-0.2, 0) is 13.5 Å². The Kier molecular flexibility index (Phi) is 5.63. The third kappa shape index (κ3) is 3.80. The van der Waals surface area contributed by atoms with Gasteiger partial charge in [-0.15, -0.1) is 0 Å². The molecule has 9 heteroatoms. The molecule has 0 fully saturated rings. The average molecular weight is 436 g/mol. The number of aromatic nitrogens is 3. The van der Waals surface area contributed by atoms with Gasteiger partial charge in [0.25, 0.3) is 11.5 Å². The van der Waals surface area contributed by atoms with E-state index in [1.807, 2.05) is 24.3 Å². The SMILES string of the molecule is COc1ccccc1CCNC(=O)c1cn(C)c2c(=O)n(-c3ccc(F)cc3)c(=O)[nH]c12. The zero-order chi connectivity index (χ0) is 22.8. The van der Waals surface area contributed by atoms with Gasteiger partial charge in [-0.25, -0.2) is 13.8 Å². The molecule has 32 heavy (non-hydrogen) atoms. The summed E-state index contributed by atoms with van der Waals surface area (Å²) in [6.07, 6.45) is 2.05. The lowest BCUT2D eigenvalue weighted by Gasteiger charge is -2.09. The Hall–Kier alpha value is -4.14. The van der Waals surface area contributed by atoms with Gasteiger partial charge in [-0.1, -0.05) is 18.2 Å². The molecule has 0 bridgehead atoms. The minimum Gasteiger partial charge on any atom is -0.496 e. The molecule has 2 aromatic carbocycles. The first-order chi connectivity index (χ1) is 15.4.